The van der Waals surface area contributed by atoms with Crippen molar-refractivity contribution in [3.63, 3.8) is 0 Å². The second-order valence-corrected chi connectivity index (χ2v) is 7.70. The minimum atomic E-state index is -0.548. The number of aromatic nitrogens is 3. The number of carbonyl (C=O) groups excluding carboxylic acids is 2. The van der Waals surface area contributed by atoms with Gasteiger partial charge in [0.2, 0.25) is 5.91 Å². The lowest BCUT2D eigenvalue weighted by Crippen LogP contribution is -2.48. The molecule has 0 aliphatic rings. The van der Waals surface area contributed by atoms with Gasteiger partial charge in [-0.1, -0.05) is 17.8 Å². The SMILES string of the molecule is C=CCn1c(SCC(=O)NC(=O)NC(C)(C)C)nnc1-c1ccc(F)cc1. The number of thioether (sulfide) groups is 1. The molecule has 1 aromatic heterocycles. The highest BCUT2D eigenvalue weighted by atomic mass is 32.2. The number of nitrogens with one attached hydrogen (secondary N) is 2. The number of rotatable bonds is 6. The Morgan fingerprint density at radius 3 is 2.52 bits per heavy atom. The van der Waals surface area contributed by atoms with Crippen LogP contribution in [0.25, 0.3) is 11.4 Å². The number of benzene rings is 1. The largest absolute Gasteiger partial charge is 0.333 e. The third-order valence-corrected chi connectivity index (χ3v) is 4.17. The first-order valence-corrected chi connectivity index (χ1v) is 9.23. The summed E-state index contributed by atoms with van der Waals surface area (Å²) in [5.41, 5.74) is 0.262. The molecule has 0 unspecified atom stereocenters. The smallest absolute Gasteiger partial charge is 0.321 e. The highest BCUT2D eigenvalue weighted by molar-refractivity contribution is 7.99. The van der Waals surface area contributed by atoms with Gasteiger partial charge in [0.15, 0.2) is 11.0 Å². The summed E-state index contributed by atoms with van der Waals surface area (Å²) >= 11 is 1.15. The lowest BCUT2D eigenvalue weighted by Gasteiger charge is -2.20. The summed E-state index contributed by atoms with van der Waals surface area (Å²) in [5.74, 6) is -0.245. The van der Waals surface area contributed by atoms with Gasteiger partial charge in [0.1, 0.15) is 5.82 Å². The monoisotopic (exact) mass is 391 g/mol. The lowest BCUT2D eigenvalue weighted by molar-refractivity contribution is -0.117. The first-order valence-electron chi connectivity index (χ1n) is 8.24. The molecule has 144 valence electrons. The molecule has 0 aliphatic heterocycles. The first kappa shape index (κ1) is 20.6. The zero-order valence-electron chi connectivity index (χ0n) is 15.5. The van der Waals surface area contributed by atoms with Gasteiger partial charge in [0.05, 0.1) is 5.75 Å². The van der Waals surface area contributed by atoms with Gasteiger partial charge in [-0.15, -0.1) is 16.8 Å². The maximum atomic E-state index is 13.1. The molecule has 0 aliphatic carbocycles. The van der Waals surface area contributed by atoms with Crippen molar-refractivity contribution in [2.75, 3.05) is 5.75 Å². The van der Waals surface area contributed by atoms with Crippen LogP contribution in [0.4, 0.5) is 9.18 Å². The molecule has 1 heterocycles. The number of amides is 3. The summed E-state index contributed by atoms with van der Waals surface area (Å²) in [6.07, 6.45) is 1.68. The van der Waals surface area contributed by atoms with E-state index in [0.29, 0.717) is 23.1 Å². The number of hydrogen-bond donors (Lipinski definition) is 2. The molecule has 9 heteroatoms. The normalized spacial score (nSPS) is 11.1. The number of urea groups is 1. The van der Waals surface area contributed by atoms with E-state index in [0.717, 1.165) is 11.8 Å². The van der Waals surface area contributed by atoms with Crippen molar-refractivity contribution in [3.8, 4) is 11.4 Å². The predicted molar refractivity (Wildman–Crippen MR) is 103 cm³/mol. The number of allylic oxidation sites excluding steroid dienone is 1. The molecule has 0 fully saturated rings. The first-order chi connectivity index (χ1) is 12.7. The van der Waals surface area contributed by atoms with Crippen LogP contribution >= 0.6 is 11.8 Å². The van der Waals surface area contributed by atoms with Crippen LogP contribution in [0.1, 0.15) is 20.8 Å². The second-order valence-electron chi connectivity index (χ2n) is 6.75. The van der Waals surface area contributed by atoms with Gasteiger partial charge in [-0.05, 0) is 45.0 Å². The van der Waals surface area contributed by atoms with E-state index < -0.39 is 17.5 Å². The van der Waals surface area contributed by atoms with Crippen molar-refractivity contribution in [1.82, 2.24) is 25.4 Å². The number of nitrogens with zero attached hydrogens (tertiary/aromatic N) is 3. The highest BCUT2D eigenvalue weighted by Gasteiger charge is 2.18. The van der Waals surface area contributed by atoms with E-state index in [9.17, 15) is 14.0 Å². The summed E-state index contributed by atoms with van der Waals surface area (Å²) in [4.78, 5) is 23.7. The summed E-state index contributed by atoms with van der Waals surface area (Å²) in [5, 5.41) is 13.7. The fourth-order valence-corrected chi connectivity index (χ4v) is 2.91. The average Bonchev–Trinajstić information content (AvgIpc) is 2.95. The summed E-state index contributed by atoms with van der Waals surface area (Å²) < 4.78 is 14.9. The van der Waals surface area contributed by atoms with Crippen LogP contribution in [-0.4, -0.2) is 38.0 Å². The van der Waals surface area contributed by atoms with Crippen LogP contribution in [0.3, 0.4) is 0 Å². The fourth-order valence-electron chi connectivity index (χ4n) is 2.17. The highest BCUT2D eigenvalue weighted by Crippen LogP contribution is 2.24. The molecule has 0 atom stereocenters. The van der Waals surface area contributed by atoms with E-state index in [4.69, 9.17) is 0 Å². The van der Waals surface area contributed by atoms with E-state index in [1.807, 2.05) is 20.8 Å². The standard InChI is InChI=1S/C18H22FN5O2S/c1-5-10-24-15(12-6-8-13(19)9-7-12)22-23-17(24)27-11-14(25)20-16(26)21-18(2,3)4/h5-9H,1,10-11H2,2-4H3,(H2,20,21,25,26). The minimum Gasteiger partial charge on any atom is -0.333 e. The Labute approximate surface area is 161 Å². The van der Waals surface area contributed by atoms with Crippen molar-refractivity contribution in [2.24, 2.45) is 0 Å². The summed E-state index contributed by atoms with van der Waals surface area (Å²) in [7, 11) is 0. The Bertz CT molecular complexity index is 827. The van der Waals surface area contributed by atoms with E-state index in [1.54, 1.807) is 22.8 Å². The van der Waals surface area contributed by atoms with Gasteiger partial charge in [-0.25, -0.2) is 9.18 Å². The molecule has 0 saturated heterocycles. The average molecular weight is 391 g/mol. The van der Waals surface area contributed by atoms with Crippen molar-refractivity contribution in [3.05, 3.63) is 42.7 Å². The Morgan fingerprint density at radius 2 is 1.93 bits per heavy atom. The summed E-state index contributed by atoms with van der Waals surface area (Å²) in [6.45, 7) is 9.60. The molecule has 0 bridgehead atoms. The van der Waals surface area contributed by atoms with Crippen LogP contribution in [-0.2, 0) is 11.3 Å². The molecule has 27 heavy (non-hydrogen) atoms. The molecule has 1 aromatic carbocycles. The molecular formula is C18H22FN5O2S. The maximum absolute atomic E-state index is 13.1. The quantitative estimate of drug-likeness (QED) is 0.584. The predicted octanol–water partition coefficient (Wildman–Crippen LogP) is 2.99. The molecule has 2 aromatic rings. The molecular weight excluding hydrogens is 369 g/mol. The van der Waals surface area contributed by atoms with Gasteiger partial charge in [-0.3, -0.25) is 14.7 Å². The van der Waals surface area contributed by atoms with Crippen LogP contribution in [0.5, 0.6) is 0 Å². The third kappa shape index (κ3) is 6.21. The van der Waals surface area contributed by atoms with E-state index in [1.165, 1.54) is 12.1 Å². The molecule has 0 spiro atoms. The van der Waals surface area contributed by atoms with Crippen molar-refractivity contribution in [1.29, 1.82) is 0 Å². The zero-order valence-corrected chi connectivity index (χ0v) is 16.3. The van der Waals surface area contributed by atoms with E-state index in [2.05, 4.69) is 27.4 Å². The molecule has 0 saturated carbocycles. The minimum absolute atomic E-state index is 0.00371. The zero-order chi connectivity index (χ0) is 20.0. The molecule has 0 radical (unpaired) electrons. The molecule has 7 nitrogen and oxygen atoms in total. The Hall–Kier alpha value is -2.68. The van der Waals surface area contributed by atoms with Crippen molar-refractivity contribution >= 4 is 23.7 Å². The summed E-state index contributed by atoms with van der Waals surface area (Å²) in [6, 6.07) is 5.35. The van der Waals surface area contributed by atoms with Crippen LogP contribution in [0.15, 0.2) is 42.1 Å². The van der Waals surface area contributed by atoms with E-state index in [-0.39, 0.29) is 11.6 Å². The molecule has 2 N–H and O–H groups in total. The van der Waals surface area contributed by atoms with Crippen LogP contribution < -0.4 is 10.6 Å². The molecule has 3 amide bonds. The Kier molecular flexibility index (Phi) is 6.73. The van der Waals surface area contributed by atoms with Crippen LogP contribution in [0, 0.1) is 5.82 Å². The number of hydrogen-bond acceptors (Lipinski definition) is 5. The van der Waals surface area contributed by atoms with Gasteiger partial charge >= 0.3 is 6.03 Å². The van der Waals surface area contributed by atoms with Gasteiger partial charge < -0.3 is 5.32 Å². The van der Waals surface area contributed by atoms with Gasteiger partial charge in [-0.2, -0.15) is 0 Å². The molecule has 2 rings (SSSR count). The van der Waals surface area contributed by atoms with Crippen molar-refractivity contribution in [2.45, 2.75) is 38.0 Å². The van der Waals surface area contributed by atoms with Gasteiger partial charge in [0.25, 0.3) is 0 Å². The number of carbonyl (C=O) groups is 2. The maximum Gasteiger partial charge on any atom is 0.321 e. The Balaban J connectivity index is 2.06. The Morgan fingerprint density at radius 1 is 1.26 bits per heavy atom. The lowest BCUT2D eigenvalue weighted by atomic mass is 10.1. The second kappa shape index (κ2) is 8.81. The van der Waals surface area contributed by atoms with E-state index >= 15 is 0 Å². The topological polar surface area (TPSA) is 88.9 Å². The fraction of sp³-hybridized carbons (Fsp3) is 0.333. The van der Waals surface area contributed by atoms with Crippen molar-refractivity contribution < 1.29 is 14.0 Å². The van der Waals surface area contributed by atoms with Crippen LogP contribution in [0.2, 0.25) is 0 Å². The number of halogens is 1. The number of imide groups is 1. The third-order valence-electron chi connectivity index (χ3n) is 3.20. The van der Waals surface area contributed by atoms with Gasteiger partial charge in [0, 0.05) is 17.6 Å².